The quantitative estimate of drug-likeness (QED) is 0.852. The summed E-state index contributed by atoms with van der Waals surface area (Å²) in [5.41, 5.74) is 3.32. The number of fused-ring (bicyclic) bond motifs is 1. The highest BCUT2D eigenvalue weighted by atomic mass is 16.4. The predicted octanol–water partition coefficient (Wildman–Crippen LogP) is 3.64. The summed E-state index contributed by atoms with van der Waals surface area (Å²) in [4.78, 5) is 11.1. The fraction of sp³-hybridized carbons (Fsp3) is 0.267. The van der Waals surface area contributed by atoms with E-state index >= 15 is 0 Å². The molecule has 2 rings (SSSR count). The molecule has 1 N–H and O–H groups in total. The smallest absolute Gasteiger partial charge is 0.310 e. The molecule has 0 unspecified atom stereocenters. The molecule has 0 saturated carbocycles. The highest BCUT2D eigenvalue weighted by Gasteiger charge is 2.16. The van der Waals surface area contributed by atoms with Crippen molar-refractivity contribution in [3.63, 3.8) is 0 Å². The lowest BCUT2D eigenvalue weighted by molar-refractivity contribution is -0.138. The van der Waals surface area contributed by atoms with E-state index in [9.17, 15) is 4.79 Å². The SMILES string of the molecule is Cc1cc2cccc([C@H](C)C(=O)O)c2cc1C. The van der Waals surface area contributed by atoms with Crippen molar-refractivity contribution in [1.82, 2.24) is 0 Å². The minimum atomic E-state index is -0.782. The van der Waals surface area contributed by atoms with E-state index in [1.807, 2.05) is 18.2 Å². The molecule has 0 aromatic heterocycles. The number of carboxylic acids is 1. The molecule has 1 atom stereocenters. The van der Waals surface area contributed by atoms with Gasteiger partial charge in [0.25, 0.3) is 0 Å². The van der Waals surface area contributed by atoms with Gasteiger partial charge >= 0.3 is 5.97 Å². The van der Waals surface area contributed by atoms with Gasteiger partial charge in [0.15, 0.2) is 0 Å². The van der Waals surface area contributed by atoms with E-state index < -0.39 is 11.9 Å². The summed E-state index contributed by atoms with van der Waals surface area (Å²) in [6, 6.07) is 10.0. The van der Waals surface area contributed by atoms with Crippen molar-refractivity contribution in [2.24, 2.45) is 0 Å². The minimum Gasteiger partial charge on any atom is -0.481 e. The van der Waals surface area contributed by atoms with Crippen molar-refractivity contribution in [2.75, 3.05) is 0 Å². The highest BCUT2D eigenvalue weighted by molar-refractivity contribution is 5.91. The molecule has 0 fully saturated rings. The molecule has 0 aliphatic carbocycles. The van der Waals surface area contributed by atoms with Crippen molar-refractivity contribution >= 4 is 16.7 Å². The lowest BCUT2D eigenvalue weighted by atomic mass is 9.92. The maximum atomic E-state index is 11.1. The summed E-state index contributed by atoms with van der Waals surface area (Å²) >= 11 is 0. The van der Waals surface area contributed by atoms with Crippen LogP contribution in [0.15, 0.2) is 30.3 Å². The van der Waals surface area contributed by atoms with Gasteiger partial charge in [-0.2, -0.15) is 0 Å². The van der Waals surface area contributed by atoms with Crippen molar-refractivity contribution in [1.29, 1.82) is 0 Å². The number of benzene rings is 2. The maximum absolute atomic E-state index is 11.1. The Hall–Kier alpha value is -1.83. The van der Waals surface area contributed by atoms with E-state index in [1.165, 1.54) is 11.1 Å². The molecule has 17 heavy (non-hydrogen) atoms. The van der Waals surface area contributed by atoms with Gasteiger partial charge in [-0.3, -0.25) is 4.79 Å². The van der Waals surface area contributed by atoms with Gasteiger partial charge < -0.3 is 5.11 Å². The number of aliphatic carboxylic acids is 1. The third kappa shape index (κ3) is 2.03. The molecule has 0 aliphatic rings. The summed E-state index contributed by atoms with van der Waals surface area (Å²) in [6.45, 7) is 5.85. The van der Waals surface area contributed by atoms with Crippen LogP contribution in [-0.2, 0) is 4.79 Å². The van der Waals surface area contributed by atoms with Crippen molar-refractivity contribution in [3.05, 3.63) is 47.0 Å². The lowest BCUT2D eigenvalue weighted by Gasteiger charge is -2.12. The molecule has 0 radical (unpaired) electrons. The molecule has 0 saturated heterocycles. The number of carboxylic acid groups (broad SMARTS) is 1. The van der Waals surface area contributed by atoms with E-state index in [-0.39, 0.29) is 0 Å². The molecule has 2 nitrogen and oxygen atoms in total. The molecule has 88 valence electrons. The standard InChI is InChI=1S/C15H16O2/c1-9-7-12-5-4-6-13(11(3)15(16)17)14(12)8-10(9)2/h4-8,11H,1-3H3,(H,16,17)/t11-/m0/s1. The van der Waals surface area contributed by atoms with Crippen LogP contribution in [0, 0.1) is 13.8 Å². The van der Waals surface area contributed by atoms with E-state index in [4.69, 9.17) is 5.11 Å². The average Bonchev–Trinajstić information content (AvgIpc) is 2.29. The topological polar surface area (TPSA) is 37.3 Å². The van der Waals surface area contributed by atoms with Crippen LogP contribution in [0.25, 0.3) is 10.8 Å². The Balaban J connectivity index is 2.73. The molecule has 0 amide bonds. The van der Waals surface area contributed by atoms with Crippen LogP contribution in [0.5, 0.6) is 0 Å². The van der Waals surface area contributed by atoms with Crippen LogP contribution in [-0.4, -0.2) is 11.1 Å². The predicted molar refractivity (Wildman–Crippen MR) is 69.5 cm³/mol. The van der Waals surface area contributed by atoms with Crippen molar-refractivity contribution in [2.45, 2.75) is 26.7 Å². The van der Waals surface area contributed by atoms with Gasteiger partial charge in [-0.25, -0.2) is 0 Å². The van der Waals surface area contributed by atoms with Crippen LogP contribution in [0.3, 0.4) is 0 Å². The van der Waals surface area contributed by atoms with E-state index in [0.717, 1.165) is 16.3 Å². The number of hydrogen-bond acceptors (Lipinski definition) is 1. The van der Waals surface area contributed by atoms with Gasteiger partial charge in [-0.05, 0) is 48.2 Å². The second-order valence-corrected chi connectivity index (χ2v) is 4.56. The highest BCUT2D eigenvalue weighted by Crippen LogP contribution is 2.28. The number of hydrogen-bond donors (Lipinski definition) is 1. The molecule has 0 spiro atoms. The largest absolute Gasteiger partial charge is 0.481 e. The first-order valence-electron chi connectivity index (χ1n) is 5.73. The molecular formula is C15H16O2. The monoisotopic (exact) mass is 228 g/mol. The van der Waals surface area contributed by atoms with Crippen molar-refractivity contribution in [3.8, 4) is 0 Å². The van der Waals surface area contributed by atoms with E-state index in [1.54, 1.807) is 6.92 Å². The number of carbonyl (C=O) groups is 1. The Labute approximate surface area is 101 Å². The first-order valence-corrected chi connectivity index (χ1v) is 5.73. The van der Waals surface area contributed by atoms with Gasteiger partial charge in [0.05, 0.1) is 5.92 Å². The van der Waals surface area contributed by atoms with Gasteiger partial charge in [0.1, 0.15) is 0 Å². The number of rotatable bonds is 2. The third-order valence-corrected chi connectivity index (χ3v) is 3.37. The maximum Gasteiger partial charge on any atom is 0.310 e. The molecule has 0 bridgehead atoms. The lowest BCUT2D eigenvalue weighted by Crippen LogP contribution is -2.07. The average molecular weight is 228 g/mol. The summed E-state index contributed by atoms with van der Waals surface area (Å²) in [6.07, 6.45) is 0. The van der Waals surface area contributed by atoms with Gasteiger partial charge in [0, 0.05) is 0 Å². The summed E-state index contributed by atoms with van der Waals surface area (Å²) in [5.74, 6) is -1.25. The Kier molecular flexibility index (Phi) is 2.88. The fourth-order valence-corrected chi connectivity index (χ4v) is 2.08. The van der Waals surface area contributed by atoms with Gasteiger partial charge in [-0.15, -0.1) is 0 Å². The zero-order valence-electron chi connectivity index (χ0n) is 10.3. The van der Waals surface area contributed by atoms with Crippen LogP contribution >= 0.6 is 0 Å². The van der Waals surface area contributed by atoms with E-state index in [0.29, 0.717) is 0 Å². The summed E-state index contributed by atoms with van der Waals surface area (Å²) in [5, 5.41) is 11.3. The fourth-order valence-electron chi connectivity index (χ4n) is 2.08. The molecule has 0 heterocycles. The summed E-state index contributed by atoms with van der Waals surface area (Å²) in [7, 11) is 0. The van der Waals surface area contributed by atoms with Crippen LogP contribution in [0.2, 0.25) is 0 Å². The Morgan fingerprint density at radius 2 is 1.82 bits per heavy atom. The Morgan fingerprint density at radius 3 is 2.47 bits per heavy atom. The molecule has 2 heteroatoms. The molecule has 2 aromatic carbocycles. The van der Waals surface area contributed by atoms with E-state index in [2.05, 4.69) is 26.0 Å². The Bertz CT molecular complexity index is 585. The second kappa shape index (κ2) is 4.21. The van der Waals surface area contributed by atoms with Crippen LogP contribution in [0.4, 0.5) is 0 Å². The van der Waals surface area contributed by atoms with Crippen LogP contribution in [0.1, 0.15) is 29.5 Å². The first kappa shape index (κ1) is 11.6. The number of aryl methyl sites for hydroxylation is 2. The van der Waals surface area contributed by atoms with Crippen LogP contribution < -0.4 is 0 Å². The van der Waals surface area contributed by atoms with Crippen molar-refractivity contribution < 1.29 is 9.90 Å². The molecule has 0 aliphatic heterocycles. The minimum absolute atomic E-state index is 0.471. The zero-order valence-corrected chi connectivity index (χ0v) is 10.3. The zero-order chi connectivity index (χ0) is 12.6. The molecular weight excluding hydrogens is 212 g/mol. The second-order valence-electron chi connectivity index (χ2n) is 4.56. The molecule has 2 aromatic rings. The normalized spacial score (nSPS) is 12.6. The van der Waals surface area contributed by atoms with Gasteiger partial charge in [0.2, 0.25) is 0 Å². The first-order chi connectivity index (χ1) is 8.00. The Morgan fingerprint density at radius 1 is 1.18 bits per heavy atom. The summed E-state index contributed by atoms with van der Waals surface area (Å²) < 4.78 is 0. The third-order valence-electron chi connectivity index (χ3n) is 3.37. The van der Waals surface area contributed by atoms with Gasteiger partial charge in [-0.1, -0.05) is 30.3 Å².